The van der Waals surface area contributed by atoms with Gasteiger partial charge in [0.15, 0.2) is 17.3 Å². The number of ether oxygens (including phenoxy) is 2. The van der Waals surface area contributed by atoms with Gasteiger partial charge >= 0.3 is 0 Å². The Bertz CT molecular complexity index is 918. The molecule has 0 aliphatic carbocycles. The predicted octanol–water partition coefficient (Wildman–Crippen LogP) is 4.69. The van der Waals surface area contributed by atoms with Crippen molar-refractivity contribution in [3.05, 3.63) is 54.2 Å². The molecule has 1 aliphatic heterocycles. The van der Waals surface area contributed by atoms with Crippen LogP contribution in [0.2, 0.25) is 0 Å². The lowest BCUT2D eigenvalue weighted by Crippen LogP contribution is -2.13. The number of thioether (sulfide) groups is 1. The molecule has 1 unspecified atom stereocenters. The SMILES string of the molecule is CC(Sc1ccc2c(c1)OCCCO2)C(=O)c1c[nH]c2ccccc12. The molecule has 2 heterocycles. The molecule has 1 aromatic heterocycles. The molecule has 3 aromatic rings. The third kappa shape index (κ3) is 3.24. The summed E-state index contributed by atoms with van der Waals surface area (Å²) in [6.45, 7) is 3.28. The van der Waals surface area contributed by atoms with Gasteiger partial charge in [0.05, 0.1) is 18.5 Å². The van der Waals surface area contributed by atoms with Crippen molar-refractivity contribution in [2.45, 2.75) is 23.5 Å². The maximum absolute atomic E-state index is 12.9. The van der Waals surface area contributed by atoms with E-state index in [-0.39, 0.29) is 11.0 Å². The molecule has 4 nitrogen and oxygen atoms in total. The Kier molecular flexibility index (Phi) is 4.40. The lowest BCUT2D eigenvalue weighted by Gasteiger charge is -2.12. The van der Waals surface area contributed by atoms with Crippen molar-refractivity contribution < 1.29 is 14.3 Å². The molecule has 0 fully saturated rings. The minimum Gasteiger partial charge on any atom is -0.490 e. The van der Waals surface area contributed by atoms with Gasteiger partial charge in [0, 0.05) is 34.0 Å². The molecule has 25 heavy (non-hydrogen) atoms. The lowest BCUT2D eigenvalue weighted by molar-refractivity contribution is 0.0995. The number of fused-ring (bicyclic) bond motifs is 2. The van der Waals surface area contributed by atoms with Gasteiger partial charge in [0.2, 0.25) is 0 Å². The molecule has 0 spiro atoms. The number of rotatable bonds is 4. The Morgan fingerprint density at radius 3 is 2.80 bits per heavy atom. The van der Waals surface area contributed by atoms with E-state index in [2.05, 4.69) is 4.98 Å². The lowest BCUT2D eigenvalue weighted by atomic mass is 10.1. The van der Waals surface area contributed by atoms with Crippen LogP contribution in [0, 0.1) is 0 Å². The summed E-state index contributed by atoms with van der Waals surface area (Å²) in [5.41, 5.74) is 1.73. The molecule has 5 heteroatoms. The maximum Gasteiger partial charge on any atom is 0.178 e. The molecule has 1 N–H and O–H groups in total. The van der Waals surface area contributed by atoms with Gasteiger partial charge in [-0.15, -0.1) is 11.8 Å². The Balaban J connectivity index is 1.54. The second-order valence-corrected chi connectivity index (χ2v) is 7.45. The summed E-state index contributed by atoms with van der Waals surface area (Å²) in [6.07, 6.45) is 2.69. The monoisotopic (exact) mass is 353 g/mol. The van der Waals surface area contributed by atoms with Crippen LogP contribution in [0.1, 0.15) is 23.7 Å². The number of aromatic nitrogens is 1. The number of para-hydroxylation sites is 1. The van der Waals surface area contributed by atoms with E-state index in [1.807, 2.05) is 49.4 Å². The van der Waals surface area contributed by atoms with Crippen molar-refractivity contribution in [2.75, 3.05) is 13.2 Å². The van der Waals surface area contributed by atoms with Gasteiger partial charge < -0.3 is 14.5 Å². The number of hydrogen-bond donors (Lipinski definition) is 1. The van der Waals surface area contributed by atoms with E-state index >= 15 is 0 Å². The summed E-state index contributed by atoms with van der Waals surface area (Å²) in [5, 5.41) is 0.780. The van der Waals surface area contributed by atoms with Gasteiger partial charge in [0.25, 0.3) is 0 Å². The summed E-state index contributed by atoms with van der Waals surface area (Å²) in [4.78, 5) is 17.0. The van der Waals surface area contributed by atoms with E-state index in [1.54, 1.807) is 6.20 Å². The van der Waals surface area contributed by atoms with Gasteiger partial charge in [-0.1, -0.05) is 18.2 Å². The van der Waals surface area contributed by atoms with E-state index < -0.39 is 0 Å². The number of hydrogen-bond acceptors (Lipinski definition) is 4. The molecule has 0 radical (unpaired) electrons. The summed E-state index contributed by atoms with van der Waals surface area (Å²) in [6, 6.07) is 13.7. The van der Waals surface area contributed by atoms with Gasteiger partial charge in [-0.2, -0.15) is 0 Å². The molecular weight excluding hydrogens is 334 g/mol. The first-order valence-electron chi connectivity index (χ1n) is 8.39. The van der Waals surface area contributed by atoms with Crippen LogP contribution >= 0.6 is 11.8 Å². The van der Waals surface area contributed by atoms with Crippen molar-refractivity contribution in [1.82, 2.24) is 4.98 Å². The zero-order valence-corrected chi connectivity index (χ0v) is 14.8. The van der Waals surface area contributed by atoms with E-state index in [1.165, 1.54) is 11.8 Å². The zero-order chi connectivity index (χ0) is 17.2. The number of H-pyrrole nitrogens is 1. The van der Waals surface area contributed by atoms with Crippen LogP contribution in [-0.4, -0.2) is 29.2 Å². The summed E-state index contributed by atoms with van der Waals surface area (Å²) < 4.78 is 11.4. The van der Waals surface area contributed by atoms with Crippen LogP contribution in [0.4, 0.5) is 0 Å². The largest absolute Gasteiger partial charge is 0.490 e. The first-order valence-corrected chi connectivity index (χ1v) is 9.27. The smallest absolute Gasteiger partial charge is 0.178 e. The average molecular weight is 353 g/mol. The van der Waals surface area contributed by atoms with Crippen molar-refractivity contribution in [1.29, 1.82) is 0 Å². The topological polar surface area (TPSA) is 51.3 Å². The number of aromatic amines is 1. The summed E-state index contributed by atoms with van der Waals surface area (Å²) >= 11 is 1.54. The zero-order valence-electron chi connectivity index (χ0n) is 14.0. The Morgan fingerprint density at radius 1 is 1.12 bits per heavy atom. The van der Waals surface area contributed by atoms with Crippen molar-refractivity contribution >= 4 is 28.4 Å². The molecule has 1 atom stereocenters. The highest BCUT2D eigenvalue weighted by atomic mass is 32.2. The van der Waals surface area contributed by atoms with Gasteiger partial charge in [-0.25, -0.2) is 0 Å². The van der Waals surface area contributed by atoms with Crippen molar-refractivity contribution in [3.63, 3.8) is 0 Å². The summed E-state index contributed by atoms with van der Waals surface area (Å²) in [7, 11) is 0. The molecule has 0 saturated heterocycles. The normalized spacial score (nSPS) is 14.9. The van der Waals surface area contributed by atoms with Gasteiger partial charge in [-0.05, 0) is 31.2 Å². The van der Waals surface area contributed by atoms with E-state index in [4.69, 9.17) is 9.47 Å². The second kappa shape index (κ2) is 6.84. The fourth-order valence-electron chi connectivity index (χ4n) is 2.97. The standard InChI is InChI=1S/C20H19NO3S/c1-13(20(22)16-12-21-17-6-3-2-5-15(16)17)25-14-7-8-18-19(11-14)24-10-4-9-23-18/h2-3,5-8,11-13,21H,4,9-10H2,1H3. The molecule has 0 saturated carbocycles. The van der Waals surface area contributed by atoms with Crippen LogP contribution in [0.25, 0.3) is 10.9 Å². The fraction of sp³-hybridized carbons (Fsp3) is 0.250. The number of carbonyl (C=O) groups is 1. The van der Waals surface area contributed by atoms with E-state index in [0.29, 0.717) is 13.2 Å². The van der Waals surface area contributed by atoms with Crippen LogP contribution in [0.5, 0.6) is 11.5 Å². The number of nitrogens with one attached hydrogen (secondary N) is 1. The Labute approximate surface area is 150 Å². The van der Waals surface area contributed by atoms with E-state index in [0.717, 1.165) is 39.3 Å². The number of ketones is 1. The number of carbonyl (C=O) groups excluding carboxylic acids is 1. The van der Waals surface area contributed by atoms with Crippen LogP contribution in [0.15, 0.2) is 53.6 Å². The number of benzene rings is 2. The second-order valence-electron chi connectivity index (χ2n) is 6.03. The first kappa shape index (κ1) is 16.1. The highest BCUT2D eigenvalue weighted by Crippen LogP contribution is 2.36. The first-order chi connectivity index (χ1) is 12.2. The number of Topliss-reactive ketones (excluding diaryl/α,β-unsaturated/α-hetero) is 1. The third-order valence-electron chi connectivity index (χ3n) is 4.26. The van der Waals surface area contributed by atoms with Crippen LogP contribution < -0.4 is 9.47 Å². The molecule has 128 valence electrons. The minimum atomic E-state index is -0.191. The highest BCUT2D eigenvalue weighted by molar-refractivity contribution is 8.00. The fourth-order valence-corrected chi connectivity index (χ4v) is 3.93. The molecule has 2 aromatic carbocycles. The Morgan fingerprint density at radius 2 is 1.92 bits per heavy atom. The quantitative estimate of drug-likeness (QED) is 0.546. The molecular formula is C20H19NO3S. The molecule has 1 aliphatic rings. The molecule has 0 amide bonds. The maximum atomic E-state index is 12.9. The summed E-state index contributed by atoms with van der Waals surface area (Å²) in [5.74, 6) is 1.65. The minimum absolute atomic E-state index is 0.120. The third-order valence-corrected chi connectivity index (χ3v) is 5.35. The molecule has 0 bridgehead atoms. The van der Waals surface area contributed by atoms with Gasteiger partial charge in [0.1, 0.15) is 0 Å². The average Bonchev–Trinajstić information content (AvgIpc) is 2.92. The van der Waals surface area contributed by atoms with Crippen LogP contribution in [0.3, 0.4) is 0 Å². The highest BCUT2D eigenvalue weighted by Gasteiger charge is 2.20. The predicted molar refractivity (Wildman–Crippen MR) is 100.0 cm³/mol. The van der Waals surface area contributed by atoms with Crippen molar-refractivity contribution in [3.8, 4) is 11.5 Å². The Hall–Kier alpha value is -2.40. The molecule has 4 rings (SSSR count). The van der Waals surface area contributed by atoms with Gasteiger partial charge in [-0.3, -0.25) is 4.79 Å². The van der Waals surface area contributed by atoms with E-state index in [9.17, 15) is 4.79 Å². The van der Waals surface area contributed by atoms with Crippen molar-refractivity contribution in [2.24, 2.45) is 0 Å². The van der Waals surface area contributed by atoms with Crippen LogP contribution in [-0.2, 0) is 0 Å².